The molecule has 0 aliphatic heterocycles. The average molecular weight is 412 g/mol. The molecule has 2 atom stereocenters. The Bertz CT molecular complexity index is 1130. The van der Waals surface area contributed by atoms with Gasteiger partial charge in [0.05, 0.1) is 29.4 Å². The molecule has 2 unspecified atom stereocenters. The number of ketones is 2. The molecule has 0 radical (unpaired) electrons. The van der Waals surface area contributed by atoms with Crippen LogP contribution in [0.25, 0.3) is 0 Å². The topological polar surface area (TPSA) is 141 Å². The van der Waals surface area contributed by atoms with E-state index in [1.807, 2.05) is 0 Å². The van der Waals surface area contributed by atoms with Crippen LogP contribution in [0, 0.1) is 0 Å². The van der Waals surface area contributed by atoms with Crippen LogP contribution in [0.5, 0.6) is 17.2 Å². The van der Waals surface area contributed by atoms with Crippen LogP contribution in [0.2, 0.25) is 0 Å². The number of aliphatic hydroxyl groups is 1. The van der Waals surface area contributed by atoms with Crippen molar-refractivity contribution >= 4 is 17.5 Å². The number of phenolic OH excluding ortho intramolecular Hbond substituents is 3. The molecule has 0 bridgehead atoms. The maximum Gasteiger partial charge on any atom is 0.316 e. The smallest absolute Gasteiger partial charge is 0.316 e. The Labute approximate surface area is 171 Å². The normalized spacial score (nSPS) is 22.2. The number of fused-ring (bicyclic) bond motifs is 3. The van der Waals surface area contributed by atoms with Crippen LogP contribution in [0.15, 0.2) is 18.2 Å². The predicted octanol–water partition coefficient (Wildman–Crippen LogP) is 1.92. The summed E-state index contributed by atoms with van der Waals surface area (Å²) >= 11 is 0. The molecule has 2 aliphatic carbocycles. The minimum Gasteiger partial charge on any atom is -0.507 e. The minimum absolute atomic E-state index is 0.146. The summed E-state index contributed by atoms with van der Waals surface area (Å²) in [6, 6.07) is 3.49. The lowest BCUT2D eigenvalue weighted by atomic mass is 9.68. The SMILES string of the molecule is CCC1(O)CCc2c(cc3c(c2O)C(=O)c2c(O)ccc(O)c2C3=O)C1C(=O)OC. The van der Waals surface area contributed by atoms with Gasteiger partial charge in [-0.25, -0.2) is 0 Å². The summed E-state index contributed by atoms with van der Waals surface area (Å²) < 4.78 is 4.86. The number of esters is 1. The van der Waals surface area contributed by atoms with Crippen LogP contribution in [0.4, 0.5) is 0 Å². The average Bonchev–Trinajstić information content (AvgIpc) is 2.72. The van der Waals surface area contributed by atoms with Gasteiger partial charge in [-0.3, -0.25) is 14.4 Å². The van der Waals surface area contributed by atoms with E-state index in [1.54, 1.807) is 6.92 Å². The van der Waals surface area contributed by atoms with E-state index in [9.17, 15) is 34.8 Å². The van der Waals surface area contributed by atoms with Crippen molar-refractivity contribution in [2.45, 2.75) is 37.7 Å². The molecule has 156 valence electrons. The van der Waals surface area contributed by atoms with Gasteiger partial charge in [-0.05, 0) is 48.6 Å². The number of phenols is 3. The molecule has 0 spiro atoms. The van der Waals surface area contributed by atoms with Crippen LogP contribution in [0.1, 0.15) is 68.7 Å². The van der Waals surface area contributed by atoms with Gasteiger partial charge in [0.15, 0.2) is 5.78 Å². The highest BCUT2D eigenvalue weighted by Gasteiger charge is 2.48. The van der Waals surface area contributed by atoms with Gasteiger partial charge in [-0.2, -0.15) is 0 Å². The molecule has 0 aromatic heterocycles. The molecule has 4 N–H and O–H groups in total. The summed E-state index contributed by atoms with van der Waals surface area (Å²) in [6.07, 6.45) is 0.550. The fourth-order valence-corrected chi connectivity index (χ4v) is 4.58. The van der Waals surface area contributed by atoms with E-state index in [4.69, 9.17) is 4.74 Å². The van der Waals surface area contributed by atoms with Crippen LogP contribution < -0.4 is 0 Å². The third-order valence-corrected chi connectivity index (χ3v) is 6.23. The summed E-state index contributed by atoms with van der Waals surface area (Å²) in [5, 5.41) is 42.2. The Hall–Kier alpha value is -3.39. The monoisotopic (exact) mass is 412 g/mol. The third-order valence-electron chi connectivity index (χ3n) is 6.23. The first-order chi connectivity index (χ1) is 14.2. The lowest BCUT2D eigenvalue weighted by Gasteiger charge is -2.40. The number of hydrogen-bond acceptors (Lipinski definition) is 8. The first-order valence-corrected chi connectivity index (χ1v) is 9.49. The summed E-state index contributed by atoms with van der Waals surface area (Å²) in [5.74, 6) is -4.92. The number of ether oxygens (including phenoxy) is 1. The Morgan fingerprint density at radius 1 is 1.10 bits per heavy atom. The minimum atomic E-state index is -1.44. The largest absolute Gasteiger partial charge is 0.507 e. The summed E-state index contributed by atoms with van der Waals surface area (Å²) in [6.45, 7) is 1.71. The van der Waals surface area contributed by atoms with Crippen molar-refractivity contribution in [1.29, 1.82) is 0 Å². The Kier molecular flexibility index (Phi) is 4.36. The van der Waals surface area contributed by atoms with E-state index in [0.29, 0.717) is 0 Å². The maximum absolute atomic E-state index is 13.1. The lowest BCUT2D eigenvalue weighted by Crippen LogP contribution is -2.44. The van der Waals surface area contributed by atoms with E-state index in [0.717, 1.165) is 12.1 Å². The quantitative estimate of drug-likeness (QED) is 0.370. The van der Waals surface area contributed by atoms with Gasteiger partial charge >= 0.3 is 5.97 Å². The molecular formula is C22H20O8. The third kappa shape index (κ3) is 2.46. The van der Waals surface area contributed by atoms with Gasteiger partial charge in [0, 0.05) is 5.56 Å². The number of rotatable bonds is 2. The second kappa shape index (κ2) is 6.56. The molecule has 30 heavy (non-hydrogen) atoms. The van der Waals surface area contributed by atoms with Crippen molar-refractivity contribution in [2.24, 2.45) is 0 Å². The second-order valence-corrected chi connectivity index (χ2v) is 7.64. The molecule has 0 saturated carbocycles. The molecule has 2 aromatic carbocycles. The van der Waals surface area contributed by atoms with Gasteiger partial charge in [0.1, 0.15) is 23.2 Å². The Balaban J connectivity index is 2.03. The molecule has 0 saturated heterocycles. The maximum atomic E-state index is 13.1. The summed E-state index contributed by atoms with van der Waals surface area (Å²) in [5.41, 5.74) is -2.22. The zero-order valence-corrected chi connectivity index (χ0v) is 16.4. The number of carbonyl (C=O) groups is 3. The number of carbonyl (C=O) groups excluding carboxylic acids is 3. The molecule has 0 amide bonds. The second-order valence-electron chi connectivity index (χ2n) is 7.64. The van der Waals surface area contributed by atoms with Gasteiger partial charge in [-0.15, -0.1) is 0 Å². The molecular weight excluding hydrogens is 392 g/mol. The summed E-state index contributed by atoms with van der Waals surface area (Å²) in [4.78, 5) is 38.7. The van der Waals surface area contributed by atoms with E-state index in [-0.39, 0.29) is 52.6 Å². The van der Waals surface area contributed by atoms with Gasteiger partial charge in [0.2, 0.25) is 5.78 Å². The molecule has 2 aromatic rings. The highest BCUT2D eigenvalue weighted by molar-refractivity contribution is 6.31. The number of hydrogen-bond donors (Lipinski definition) is 4. The van der Waals surface area contributed by atoms with Gasteiger partial charge in [-0.1, -0.05) is 6.92 Å². The van der Waals surface area contributed by atoms with E-state index >= 15 is 0 Å². The molecule has 8 nitrogen and oxygen atoms in total. The molecule has 0 heterocycles. The van der Waals surface area contributed by atoms with Crippen molar-refractivity contribution in [3.05, 3.63) is 51.6 Å². The van der Waals surface area contributed by atoms with Crippen LogP contribution in [0.3, 0.4) is 0 Å². The number of aromatic hydroxyl groups is 3. The molecule has 4 rings (SSSR count). The predicted molar refractivity (Wildman–Crippen MR) is 103 cm³/mol. The van der Waals surface area contributed by atoms with E-state index in [1.165, 1.54) is 13.2 Å². The standard InChI is InChI=1S/C22H20O8/c1-3-22(29)7-6-9-10(17(22)21(28)30-2)8-11-14(18(9)25)20(27)16-13(24)5-4-12(23)15(16)19(11)26/h4-5,8,17,23-25,29H,3,6-7H2,1-2H3. The van der Waals surface area contributed by atoms with Crippen molar-refractivity contribution < 1.29 is 39.5 Å². The number of benzene rings is 2. The Morgan fingerprint density at radius 2 is 1.70 bits per heavy atom. The first kappa shape index (κ1) is 19.9. The van der Waals surface area contributed by atoms with Crippen molar-refractivity contribution in [3.63, 3.8) is 0 Å². The van der Waals surface area contributed by atoms with Crippen LogP contribution in [-0.4, -0.2) is 50.7 Å². The van der Waals surface area contributed by atoms with E-state index < -0.39 is 46.3 Å². The van der Waals surface area contributed by atoms with Crippen molar-refractivity contribution in [2.75, 3.05) is 7.11 Å². The zero-order chi connectivity index (χ0) is 22.0. The van der Waals surface area contributed by atoms with Crippen molar-refractivity contribution in [3.8, 4) is 17.2 Å². The van der Waals surface area contributed by atoms with Gasteiger partial charge < -0.3 is 25.2 Å². The fraction of sp³-hybridized carbons (Fsp3) is 0.318. The lowest BCUT2D eigenvalue weighted by molar-refractivity contribution is -0.151. The number of methoxy groups -OCH3 is 1. The fourth-order valence-electron chi connectivity index (χ4n) is 4.58. The van der Waals surface area contributed by atoms with E-state index in [2.05, 4.69) is 0 Å². The first-order valence-electron chi connectivity index (χ1n) is 9.49. The molecule has 2 aliphatic rings. The van der Waals surface area contributed by atoms with Crippen LogP contribution >= 0.6 is 0 Å². The summed E-state index contributed by atoms with van der Waals surface area (Å²) in [7, 11) is 1.18. The van der Waals surface area contributed by atoms with Crippen molar-refractivity contribution in [1.82, 2.24) is 0 Å². The van der Waals surface area contributed by atoms with Gasteiger partial charge in [0.25, 0.3) is 0 Å². The molecule has 0 fully saturated rings. The highest BCUT2D eigenvalue weighted by atomic mass is 16.5. The highest BCUT2D eigenvalue weighted by Crippen LogP contribution is 2.49. The molecule has 8 heteroatoms. The Morgan fingerprint density at radius 3 is 2.27 bits per heavy atom. The van der Waals surface area contributed by atoms with Crippen LogP contribution in [-0.2, 0) is 16.0 Å². The zero-order valence-electron chi connectivity index (χ0n) is 16.4.